The van der Waals surface area contributed by atoms with E-state index in [0.717, 1.165) is 5.56 Å². The highest BCUT2D eigenvalue weighted by atomic mass is 35.5. The van der Waals surface area contributed by atoms with Crippen molar-refractivity contribution in [2.45, 2.75) is 39.7 Å². The number of carbonyl (C=O) groups is 1. The lowest BCUT2D eigenvalue weighted by atomic mass is 10.2. The van der Waals surface area contributed by atoms with Gasteiger partial charge in [-0.15, -0.1) is 0 Å². The SMILES string of the molecule is CCNC(=NCCC(=O)Nc1ccc(C)cc1Cl)NC(C)CCS(C)(=O)=O. The molecule has 0 radical (unpaired) electrons. The molecule has 1 aromatic carbocycles. The van der Waals surface area contributed by atoms with Crippen LogP contribution >= 0.6 is 11.6 Å². The number of benzene rings is 1. The number of hydrogen-bond donors (Lipinski definition) is 3. The number of aliphatic imine (C=N–C) groups is 1. The number of nitrogens with zero attached hydrogens (tertiary/aromatic N) is 1. The van der Waals surface area contributed by atoms with Gasteiger partial charge in [0.25, 0.3) is 0 Å². The van der Waals surface area contributed by atoms with Gasteiger partial charge >= 0.3 is 0 Å². The van der Waals surface area contributed by atoms with Crippen LogP contribution in [0.4, 0.5) is 5.69 Å². The van der Waals surface area contributed by atoms with Gasteiger partial charge in [-0.1, -0.05) is 17.7 Å². The molecule has 1 amide bonds. The molecular formula is C18H29ClN4O3S. The van der Waals surface area contributed by atoms with Crippen molar-refractivity contribution >= 4 is 39.0 Å². The molecule has 3 N–H and O–H groups in total. The Morgan fingerprint density at radius 2 is 2.04 bits per heavy atom. The molecule has 0 saturated heterocycles. The maximum atomic E-state index is 12.1. The summed E-state index contributed by atoms with van der Waals surface area (Å²) in [6.45, 7) is 6.71. The third-order valence-electron chi connectivity index (χ3n) is 3.66. The molecule has 1 unspecified atom stereocenters. The average molecular weight is 417 g/mol. The van der Waals surface area contributed by atoms with E-state index in [1.54, 1.807) is 12.1 Å². The van der Waals surface area contributed by atoms with Crippen molar-refractivity contribution in [3.8, 4) is 0 Å². The molecule has 9 heteroatoms. The summed E-state index contributed by atoms with van der Waals surface area (Å²) in [5.41, 5.74) is 1.60. The van der Waals surface area contributed by atoms with E-state index in [9.17, 15) is 13.2 Å². The van der Waals surface area contributed by atoms with E-state index in [0.29, 0.717) is 36.2 Å². The van der Waals surface area contributed by atoms with E-state index in [-0.39, 0.29) is 24.1 Å². The second-order valence-corrected chi connectivity index (χ2v) is 9.17. The van der Waals surface area contributed by atoms with Gasteiger partial charge in [0.05, 0.1) is 23.0 Å². The van der Waals surface area contributed by atoms with Gasteiger partial charge in [0.15, 0.2) is 5.96 Å². The van der Waals surface area contributed by atoms with Gasteiger partial charge in [0, 0.05) is 25.3 Å². The summed E-state index contributed by atoms with van der Waals surface area (Å²) < 4.78 is 22.5. The van der Waals surface area contributed by atoms with Gasteiger partial charge in [-0.05, 0) is 44.9 Å². The molecule has 0 aliphatic rings. The molecule has 0 saturated carbocycles. The largest absolute Gasteiger partial charge is 0.357 e. The highest BCUT2D eigenvalue weighted by Crippen LogP contribution is 2.22. The smallest absolute Gasteiger partial charge is 0.226 e. The zero-order valence-corrected chi connectivity index (χ0v) is 17.9. The van der Waals surface area contributed by atoms with Gasteiger partial charge < -0.3 is 16.0 Å². The molecule has 0 spiro atoms. The Morgan fingerprint density at radius 3 is 2.63 bits per heavy atom. The minimum absolute atomic E-state index is 0.0577. The van der Waals surface area contributed by atoms with Crippen LogP contribution in [0, 0.1) is 6.92 Å². The molecule has 1 aromatic rings. The zero-order chi connectivity index (χ0) is 20.4. The second kappa shape index (κ2) is 11.1. The zero-order valence-electron chi connectivity index (χ0n) is 16.3. The van der Waals surface area contributed by atoms with Gasteiger partial charge in [-0.2, -0.15) is 0 Å². The molecule has 152 valence electrons. The van der Waals surface area contributed by atoms with E-state index in [1.807, 2.05) is 26.8 Å². The van der Waals surface area contributed by atoms with Crippen molar-refractivity contribution in [3.05, 3.63) is 28.8 Å². The van der Waals surface area contributed by atoms with E-state index < -0.39 is 9.84 Å². The fourth-order valence-corrected chi connectivity index (χ4v) is 3.28. The number of hydrogen-bond acceptors (Lipinski definition) is 4. The van der Waals surface area contributed by atoms with E-state index >= 15 is 0 Å². The first-order valence-corrected chi connectivity index (χ1v) is 11.3. The third kappa shape index (κ3) is 10.2. The van der Waals surface area contributed by atoms with Crippen molar-refractivity contribution in [3.63, 3.8) is 0 Å². The Bertz CT molecular complexity index is 766. The normalized spacial score (nSPS) is 13.1. The molecule has 0 heterocycles. The molecule has 7 nitrogen and oxygen atoms in total. The Balaban J connectivity index is 2.53. The van der Waals surface area contributed by atoms with Crippen molar-refractivity contribution in [2.75, 3.05) is 30.4 Å². The van der Waals surface area contributed by atoms with Crippen LogP contribution in [-0.4, -0.2) is 51.4 Å². The maximum Gasteiger partial charge on any atom is 0.226 e. The predicted octanol–water partition coefficient (Wildman–Crippen LogP) is 2.36. The highest BCUT2D eigenvalue weighted by molar-refractivity contribution is 7.90. The number of amides is 1. The Kier molecular flexibility index (Phi) is 9.59. The maximum absolute atomic E-state index is 12.1. The summed E-state index contributed by atoms with van der Waals surface area (Å²) in [5, 5.41) is 9.51. The van der Waals surface area contributed by atoms with Gasteiger partial charge in [-0.3, -0.25) is 9.79 Å². The van der Waals surface area contributed by atoms with Crippen LogP contribution < -0.4 is 16.0 Å². The van der Waals surface area contributed by atoms with Crippen LogP contribution in [0.3, 0.4) is 0 Å². The molecule has 0 aliphatic carbocycles. The highest BCUT2D eigenvalue weighted by Gasteiger charge is 2.10. The second-order valence-electron chi connectivity index (χ2n) is 6.51. The summed E-state index contributed by atoms with van der Waals surface area (Å²) >= 11 is 6.11. The van der Waals surface area contributed by atoms with E-state index in [2.05, 4.69) is 20.9 Å². The number of halogens is 1. The summed E-state index contributed by atoms with van der Waals surface area (Å²) in [6.07, 6.45) is 1.91. The summed E-state index contributed by atoms with van der Waals surface area (Å²) in [5.74, 6) is 0.491. The fourth-order valence-electron chi connectivity index (χ4n) is 2.22. The third-order valence-corrected chi connectivity index (χ3v) is 4.95. The number of nitrogens with one attached hydrogen (secondary N) is 3. The summed E-state index contributed by atoms with van der Waals surface area (Å²) in [6, 6.07) is 5.39. The van der Waals surface area contributed by atoms with Crippen molar-refractivity contribution in [1.29, 1.82) is 0 Å². The van der Waals surface area contributed by atoms with Crippen LogP contribution in [0.15, 0.2) is 23.2 Å². The monoisotopic (exact) mass is 416 g/mol. The number of sulfone groups is 1. The van der Waals surface area contributed by atoms with Crippen LogP contribution in [0.5, 0.6) is 0 Å². The number of rotatable bonds is 9. The first kappa shape index (κ1) is 23.2. The van der Waals surface area contributed by atoms with Gasteiger partial charge in [0.1, 0.15) is 9.84 Å². The number of aryl methyl sites for hydroxylation is 1. The quantitative estimate of drug-likeness (QED) is 0.424. The number of anilines is 1. The molecular weight excluding hydrogens is 388 g/mol. The number of carbonyl (C=O) groups excluding carboxylic acids is 1. The number of guanidine groups is 1. The standard InChI is InChI=1S/C18H29ClN4O3S/c1-5-20-18(22-14(3)9-11-27(4,25)26)21-10-8-17(24)23-16-7-6-13(2)12-15(16)19/h6-7,12,14H,5,8-11H2,1-4H3,(H,23,24)(H2,20,21,22). The lowest BCUT2D eigenvalue weighted by molar-refractivity contribution is -0.116. The predicted molar refractivity (Wildman–Crippen MR) is 112 cm³/mol. The van der Waals surface area contributed by atoms with Crippen LogP contribution in [0.2, 0.25) is 5.02 Å². The lowest BCUT2D eigenvalue weighted by Gasteiger charge is -2.17. The van der Waals surface area contributed by atoms with Gasteiger partial charge in [0.2, 0.25) is 5.91 Å². The Labute approximate surface area is 166 Å². The van der Waals surface area contributed by atoms with E-state index in [1.165, 1.54) is 6.26 Å². The molecule has 1 atom stereocenters. The minimum atomic E-state index is -3.00. The summed E-state index contributed by atoms with van der Waals surface area (Å²) in [4.78, 5) is 16.4. The summed E-state index contributed by atoms with van der Waals surface area (Å²) in [7, 11) is -3.00. The topological polar surface area (TPSA) is 99.7 Å². The van der Waals surface area contributed by atoms with Crippen molar-refractivity contribution < 1.29 is 13.2 Å². The van der Waals surface area contributed by atoms with E-state index in [4.69, 9.17) is 11.6 Å². The van der Waals surface area contributed by atoms with Crippen LogP contribution in [0.1, 0.15) is 32.3 Å². The van der Waals surface area contributed by atoms with Crippen LogP contribution in [0.25, 0.3) is 0 Å². The first-order valence-electron chi connectivity index (χ1n) is 8.89. The lowest BCUT2D eigenvalue weighted by Crippen LogP contribution is -2.43. The minimum Gasteiger partial charge on any atom is -0.357 e. The fraction of sp³-hybridized carbons (Fsp3) is 0.556. The first-order chi connectivity index (χ1) is 12.6. The molecule has 0 aromatic heterocycles. The van der Waals surface area contributed by atoms with Gasteiger partial charge in [-0.25, -0.2) is 8.42 Å². The average Bonchev–Trinajstić information content (AvgIpc) is 2.55. The Morgan fingerprint density at radius 1 is 1.33 bits per heavy atom. The van der Waals surface area contributed by atoms with Crippen LogP contribution in [-0.2, 0) is 14.6 Å². The molecule has 0 bridgehead atoms. The van der Waals surface area contributed by atoms with Crippen molar-refractivity contribution in [1.82, 2.24) is 10.6 Å². The van der Waals surface area contributed by atoms with Crippen molar-refractivity contribution in [2.24, 2.45) is 4.99 Å². The molecule has 0 aliphatic heterocycles. The molecule has 1 rings (SSSR count). The Hall–Kier alpha value is -1.80. The molecule has 0 fully saturated rings. The molecule has 27 heavy (non-hydrogen) atoms.